The van der Waals surface area contributed by atoms with Gasteiger partial charge in [-0.05, 0) is 18.2 Å². The second kappa shape index (κ2) is 4.64. The molecule has 5 nitrogen and oxygen atoms in total. The maximum atomic E-state index is 13.9. The Morgan fingerprint density at radius 1 is 1.20 bits per heavy atom. The average molecular weight is 292 g/mol. The molecule has 1 aromatic carbocycles. The summed E-state index contributed by atoms with van der Waals surface area (Å²) in [6.45, 7) is -0.0876. The van der Waals surface area contributed by atoms with E-state index in [4.69, 9.17) is 11.6 Å². The fourth-order valence-electron chi connectivity index (χ4n) is 2.06. The van der Waals surface area contributed by atoms with E-state index >= 15 is 0 Å². The van der Waals surface area contributed by atoms with Crippen LogP contribution in [0.3, 0.4) is 0 Å². The van der Waals surface area contributed by atoms with Gasteiger partial charge >= 0.3 is 0 Å². The number of fused-ring (bicyclic) bond motifs is 1. The SMILES string of the molecule is O=C1C(=O)N(Cc2ncccn2)c2c(F)ccc(Cl)c21. The summed E-state index contributed by atoms with van der Waals surface area (Å²) in [4.78, 5) is 32.8. The molecule has 3 rings (SSSR count). The molecule has 1 aliphatic rings. The monoisotopic (exact) mass is 291 g/mol. The Labute approximate surface area is 118 Å². The summed E-state index contributed by atoms with van der Waals surface area (Å²) >= 11 is 5.87. The molecule has 7 heteroatoms. The maximum absolute atomic E-state index is 13.9. The number of anilines is 1. The first kappa shape index (κ1) is 12.7. The number of Topliss-reactive ketones (excluding diaryl/α,β-unsaturated/α-hetero) is 1. The first-order valence-electron chi connectivity index (χ1n) is 5.69. The molecule has 1 amide bonds. The number of rotatable bonds is 2. The standard InChI is InChI=1S/C13H7ClFN3O2/c14-7-2-3-8(15)11-10(7)12(19)13(20)18(11)6-9-16-4-1-5-17-9/h1-5H,6H2. The zero-order valence-corrected chi connectivity index (χ0v) is 10.8. The van der Waals surface area contributed by atoms with Crippen molar-refractivity contribution < 1.29 is 14.0 Å². The van der Waals surface area contributed by atoms with Crippen LogP contribution < -0.4 is 4.90 Å². The third kappa shape index (κ3) is 1.85. The Bertz CT molecular complexity index is 721. The van der Waals surface area contributed by atoms with E-state index in [0.29, 0.717) is 5.82 Å². The first-order chi connectivity index (χ1) is 9.59. The summed E-state index contributed by atoms with van der Waals surface area (Å²) in [5.41, 5.74) is -0.215. The van der Waals surface area contributed by atoms with E-state index in [-0.39, 0.29) is 22.8 Å². The molecule has 0 N–H and O–H groups in total. The van der Waals surface area contributed by atoms with Gasteiger partial charge in [-0.3, -0.25) is 14.5 Å². The number of hydrogen-bond donors (Lipinski definition) is 0. The summed E-state index contributed by atoms with van der Waals surface area (Å²) in [5, 5.41) is 0.0521. The van der Waals surface area contributed by atoms with Crippen molar-refractivity contribution in [1.29, 1.82) is 0 Å². The molecule has 0 fully saturated rings. The Kier molecular flexibility index (Phi) is 2.94. The summed E-state index contributed by atoms with van der Waals surface area (Å²) < 4.78 is 13.9. The van der Waals surface area contributed by atoms with Crippen LogP contribution in [0.1, 0.15) is 16.2 Å². The molecule has 1 aliphatic heterocycles. The van der Waals surface area contributed by atoms with Gasteiger partial charge in [-0.2, -0.15) is 0 Å². The van der Waals surface area contributed by atoms with Gasteiger partial charge in [0.2, 0.25) is 0 Å². The van der Waals surface area contributed by atoms with E-state index in [2.05, 4.69) is 9.97 Å². The number of carbonyl (C=O) groups is 2. The number of hydrogen-bond acceptors (Lipinski definition) is 4. The van der Waals surface area contributed by atoms with Gasteiger partial charge in [0.25, 0.3) is 11.7 Å². The van der Waals surface area contributed by atoms with Crippen LogP contribution in [0.2, 0.25) is 5.02 Å². The number of aromatic nitrogens is 2. The van der Waals surface area contributed by atoms with Crippen molar-refractivity contribution in [3.05, 3.63) is 52.8 Å². The number of carbonyl (C=O) groups excluding carboxylic acids is 2. The first-order valence-corrected chi connectivity index (χ1v) is 6.07. The number of ketones is 1. The Hall–Kier alpha value is -2.34. The molecule has 1 aromatic heterocycles. The minimum Gasteiger partial charge on any atom is -0.294 e. The Morgan fingerprint density at radius 3 is 2.60 bits per heavy atom. The van der Waals surface area contributed by atoms with E-state index in [9.17, 15) is 14.0 Å². The fraction of sp³-hybridized carbons (Fsp3) is 0.0769. The van der Waals surface area contributed by atoms with Gasteiger partial charge in [0.05, 0.1) is 22.8 Å². The molecule has 20 heavy (non-hydrogen) atoms. The van der Waals surface area contributed by atoms with Crippen molar-refractivity contribution >= 4 is 29.0 Å². The molecule has 0 aliphatic carbocycles. The van der Waals surface area contributed by atoms with Crippen LogP contribution in [0, 0.1) is 5.82 Å². The van der Waals surface area contributed by atoms with Gasteiger partial charge in [-0.25, -0.2) is 14.4 Å². The van der Waals surface area contributed by atoms with E-state index in [1.165, 1.54) is 18.5 Å². The fourth-order valence-corrected chi connectivity index (χ4v) is 2.29. The Morgan fingerprint density at radius 2 is 1.90 bits per heavy atom. The summed E-state index contributed by atoms with van der Waals surface area (Å²) in [6.07, 6.45) is 3.00. The minimum atomic E-state index is -0.834. The van der Waals surface area contributed by atoms with Crippen molar-refractivity contribution in [2.45, 2.75) is 6.54 Å². The number of amides is 1. The van der Waals surface area contributed by atoms with Crippen molar-refractivity contribution in [3.8, 4) is 0 Å². The topological polar surface area (TPSA) is 63.2 Å². The highest BCUT2D eigenvalue weighted by molar-refractivity contribution is 6.55. The molecule has 0 saturated carbocycles. The summed E-state index contributed by atoms with van der Waals surface area (Å²) in [6, 6.07) is 3.99. The Balaban J connectivity index is 2.09. The second-order valence-electron chi connectivity index (χ2n) is 4.14. The second-order valence-corrected chi connectivity index (χ2v) is 4.55. The lowest BCUT2D eigenvalue weighted by Gasteiger charge is -2.15. The molecule has 0 unspecified atom stereocenters. The van der Waals surface area contributed by atoms with Gasteiger partial charge in [-0.1, -0.05) is 11.6 Å². The molecule has 0 atom stereocenters. The summed E-state index contributed by atoms with van der Waals surface area (Å²) in [7, 11) is 0. The lowest BCUT2D eigenvalue weighted by atomic mass is 10.1. The molecule has 100 valence electrons. The number of nitrogens with zero attached hydrogens (tertiary/aromatic N) is 3. The van der Waals surface area contributed by atoms with E-state index in [0.717, 1.165) is 11.0 Å². The number of benzene rings is 1. The third-order valence-electron chi connectivity index (χ3n) is 2.93. The van der Waals surface area contributed by atoms with Gasteiger partial charge in [0.15, 0.2) is 0 Å². The molecule has 2 heterocycles. The van der Waals surface area contributed by atoms with Crippen LogP contribution in [0.4, 0.5) is 10.1 Å². The average Bonchev–Trinajstić information content (AvgIpc) is 2.70. The molecular formula is C13H7ClFN3O2. The largest absolute Gasteiger partial charge is 0.300 e. The van der Waals surface area contributed by atoms with Crippen LogP contribution in [0.5, 0.6) is 0 Å². The molecule has 2 aromatic rings. The van der Waals surface area contributed by atoms with Crippen molar-refractivity contribution in [1.82, 2.24) is 9.97 Å². The van der Waals surface area contributed by atoms with Crippen LogP contribution in [0.15, 0.2) is 30.6 Å². The quantitative estimate of drug-likeness (QED) is 0.794. The van der Waals surface area contributed by atoms with E-state index in [1.807, 2.05) is 0 Å². The van der Waals surface area contributed by atoms with Gasteiger partial charge in [-0.15, -0.1) is 0 Å². The predicted molar refractivity (Wildman–Crippen MR) is 69.0 cm³/mol. The maximum Gasteiger partial charge on any atom is 0.300 e. The molecule has 0 saturated heterocycles. The lowest BCUT2D eigenvalue weighted by Crippen LogP contribution is -2.30. The van der Waals surface area contributed by atoms with Crippen LogP contribution >= 0.6 is 11.6 Å². The van der Waals surface area contributed by atoms with Crippen molar-refractivity contribution in [2.24, 2.45) is 0 Å². The molecule has 0 bridgehead atoms. The smallest absolute Gasteiger partial charge is 0.294 e. The van der Waals surface area contributed by atoms with Gasteiger partial charge in [0.1, 0.15) is 11.6 Å². The van der Waals surface area contributed by atoms with E-state index < -0.39 is 17.5 Å². The highest BCUT2D eigenvalue weighted by atomic mass is 35.5. The van der Waals surface area contributed by atoms with Crippen LogP contribution in [-0.4, -0.2) is 21.7 Å². The number of halogens is 2. The van der Waals surface area contributed by atoms with E-state index in [1.54, 1.807) is 6.07 Å². The summed E-state index contributed by atoms with van der Waals surface area (Å²) in [5.74, 6) is -2.03. The normalized spacial score (nSPS) is 13.8. The van der Waals surface area contributed by atoms with Gasteiger partial charge < -0.3 is 0 Å². The third-order valence-corrected chi connectivity index (χ3v) is 3.25. The highest BCUT2D eigenvalue weighted by Gasteiger charge is 2.40. The zero-order chi connectivity index (χ0) is 14.3. The zero-order valence-electron chi connectivity index (χ0n) is 10.0. The highest BCUT2D eigenvalue weighted by Crippen LogP contribution is 2.37. The van der Waals surface area contributed by atoms with Crippen LogP contribution in [0.25, 0.3) is 0 Å². The minimum absolute atomic E-state index is 0.0521. The van der Waals surface area contributed by atoms with Crippen molar-refractivity contribution in [2.75, 3.05) is 4.90 Å². The molecule has 0 spiro atoms. The molecular weight excluding hydrogens is 285 g/mol. The molecule has 0 radical (unpaired) electrons. The predicted octanol–water partition coefficient (Wildman–Crippen LogP) is 2.00. The van der Waals surface area contributed by atoms with Crippen molar-refractivity contribution in [3.63, 3.8) is 0 Å². The lowest BCUT2D eigenvalue weighted by molar-refractivity contribution is -0.114. The van der Waals surface area contributed by atoms with Gasteiger partial charge in [0, 0.05) is 12.4 Å². The van der Waals surface area contributed by atoms with Crippen LogP contribution in [-0.2, 0) is 11.3 Å².